The van der Waals surface area contributed by atoms with Crippen LogP contribution < -0.4 is 9.47 Å². The Morgan fingerprint density at radius 2 is 1.74 bits per heavy atom. The molecule has 2 aromatic carbocycles. The number of hydrogen-bond donors (Lipinski definition) is 0. The molecule has 0 saturated heterocycles. The van der Waals surface area contributed by atoms with Crippen molar-refractivity contribution < 1.29 is 13.9 Å². The Balaban J connectivity index is 2.32. The summed E-state index contributed by atoms with van der Waals surface area (Å²) in [6.45, 7) is 3.90. The predicted octanol–water partition coefficient (Wildman–Crippen LogP) is 4.50. The van der Waals surface area contributed by atoms with Crippen LogP contribution in [0.15, 0.2) is 36.4 Å². The van der Waals surface area contributed by atoms with E-state index in [2.05, 4.69) is 6.92 Å². The second-order valence-electron chi connectivity index (χ2n) is 4.37. The average molecular weight is 260 g/mol. The number of aryl methyl sites for hydroxylation is 2. The highest BCUT2D eigenvalue weighted by atomic mass is 19.1. The van der Waals surface area contributed by atoms with Crippen LogP contribution >= 0.6 is 0 Å². The topological polar surface area (TPSA) is 18.5 Å². The van der Waals surface area contributed by atoms with Crippen LogP contribution in [0.3, 0.4) is 0 Å². The maximum Gasteiger partial charge on any atom is 0.169 e. The molecule has 2 rings (SSSR count). The van der Waals surface area contributed by atoms with Gasteiger partial charge in [0.2, 0.25) is 0 Å². The predicted molar refractivity (Wildman–Crippen MR) is 73.6 cm³/mol. The summed E-state index contributed by atoms with van der Waals surface area (Å²) < 4.78 is 24.6. The van der Waals surface area contributed by atoms with Gasteiger partial charge in [0.1, 0.15) is 0 Å². The molecule has 0 amide bonds. The van der Waals surface area contributed by atoms with Crippen molar-refractivity contribution in [1.29, 1.82) is 0 Å². The fourth-order valence-electron chi connectivity index (χ4n) is 1.82. The van der Waals surface area contributed by atoms with E-state index in [1.807, 2.05) is 25.1 Å². The first kappa shape index (κ1) is 13.4. The summed E-state index contributed by atoms with van der Waals surface area (Å²) >= 11 is 0. The van der Waals surface area contributed by atoms with Gasteiger partial charge in [-0.15, -0.1) is 0 Å². The molecule has 0 unspecified atom stereocenters. The lowest BCUT2D eigenvalue weighted by Crippen LogP contribution is -1.94. The van der Waals surface area contributed by atoms with Crippen molar-refractivity contribution in [3.05, 3.63) is 53.3 Å². The smallest absolute Gasteiger partial charge is 0.169 e. The fraction of sp³-hybridized carbons (Fsp3) is 0.250. The first-order chi connectivity index (χ1) is 9.13. The summed E-state index contributed by atoms with van der Waals surface area (Å²) in [5.74, 6) is 0.955. The summed E-state index contributed by atoms with van der Waals surface area (Å²) in [5.41, 5.74) is 2.01. The Morgan fingerprint density at radius 3 is 2.37 bits per heavy atom. The Morgan fingerprint density at radius 1 is 1.00 bits per heavy atom. The second kappa shape index (κ2) is 5.74. The van der Waals surface area contributed by atoms with Gasteiger partial charge in [0, 0.05) is 0 Å². The minimum atomic E-state index is -0.373. The Hall–Kier alpha value is -2.03. The van der Waals surface area contributed by atoms with E-state index in [0.717, 1.165) is 17.5 Å². The van der Waals surface area contributed by atoms with Crippen molar-refractivity contribution in [2.24, 2.45) is 0 Å². The summed E-state index contributed by atoms with van der Waals surface area (Å²) in [6.07, 6.45) is 0.912. The molecule has 100 valence electrons. The molecule has 19 heavy (non-hydrogen) atoms. The molecule has 0 aliphatic rings. The molecule has 0 aromatic heterocycles. The quantitative estimate of drug-likeness (QED) is 0.806. The number of rotatable bonds is 4. The highest BCUT2D eigenvalue weighted by Gasteiger charge is 2.09. The lowest BCUT2D eigenvalue weighted by Gasteiger charge is -2.12. The maximum atomic E-state index is 13.8. The van der Waals surface area contributed by atoms with E-state index < -0.39 is 0 Å². The van der Waals surface area contributed by atoms with Gasteiger partial charge in [-0.2, -0.15) is 0 Å². The lowest BCUT2D eigenvalue weighted by atomic mass is 10.1. The molecule has 0 aliphatic carbocycles. The van der Waals surface area contributed by atoms with Crippen LogP contribution in [0.4, 0.5) is 4.39 Å². The summed E-state index contributed by atoms with van der Waals surface area (Å²) in [7, 11) is 1.58. The van der Waals surface area contributed by atoms with Crippen LogP contribution in [-0.2, 0) is 6.42 Å². The Labute approximate surface area is 112 Å². The third-order valence-corrected chi connectivity index (χ3v) is 2.94. The van der Waals surface area contributed by atoms with E-state index in [1.54, 1.807) is 19.2 Å². The van der Waals surface area contributed by atoms with Crippen molar-refractivity contribution in [2.75, 3.05) is 7.11 Å². The minimum Gasteiger partial charge on any atom is -0.493 e. The van der Waals surface area contributed by atoms with Crippen molar-refractivity contribution in [1.82, 2.24) is 0 Å². The SMILES string of the molecule is CCc1ccc(Oc2ccc(C)cc2F)c(OC)c1. The van der Waals surface area contributed by atoms with Crippen LogP contribution in [0.2, 0.25) is 0 Å². The first-order valence-corrected chi connectivity index (χ1v) is 6.25. The minimum absolute atomic E-state index is 0.202. The molecular weight excluding hydrogens is 243 g/mol. The van der Waals surface area contributed by atoms with Crippen LogP contribution in [-0.4, -0.2) is 7.11 Å². The van der Waals surface area contributed by atoms with Gasteiger partial charge in [-0.25, -0.2) is 4.39 Å². The monoisotopic (exact) mass is 260 g/mol. The molecule has 0 spiro atoms. The molecule has 0 aliphatic heterocycles. The van der Waals surface area contributed by atoms with Crippen molar-refractivity contribution >= 4 is 0 Å². The second-order valence-corrected chi connectivity index (χ2v) is 4.37. The summed E-state index contributed by atoms with van der Waals surface area (Å²) in [4.78, 5) is 0. The van der Waals surface area contributed by atoms with Crippen LogP contribution in [0.1, 0.15) is 18.1 Å². The van der Waals surface area contributed by atoms with Gasteiger partial charge >= 0.3 is 0 Å². The zero-order chi connectivity index (χ0) is 13.8. The normalized spacial score (nSPS) is 10.3. The van der Waals surface area contributed by atoms with E-state index in [-0.39, 0.29) is 11.6 Å². The van der Waals surface area contributed by atoms with Crippen molar-refractivity contribution in [3.8, 4) is 17.2 Å². The number of benzene rings is 2. The Bertz CT molecular complexity index is 579. The van der Waals surface area contributed by atoms with E-state index >= 15 is 0 Å². The zero-order valence-electron chi connectivity index (χ0n) is 11.4. The molecule has 2 aromatic rings. The summed E-state index contributed by atoms with van der Waals surface area (Å²) in [6, 6.07) is 10.5. The van der Waals surface area contributed by atoms with Gasteiger partial charge in [0.15, 0.2) is 23.1 Å². The highest BCUT2D eigenvalue weighted by Crippen LogP contribution is 2.33. The van der Waals surface area contributed by atoms with Crippen molar-refractivity contribution in [3.63, 3.8) is 0 Å². The third kappa shape index (κ3) is 3.05. The third-order valence-electron chi connectivity index (χ3n) is 2.94. The van der Waals surface area contributed by atoms with E-state index in [0.29, 0.717) is 11.5 Å². The molecular formula is C16H17FO2. The number of methoxy groups -OCH3 is 1. The van der Waals surface area contributed by atoms with Gasteiger partial charge in [-0.1, -0.05) is 19.1 Å². The number of ether oxygens (including phenoxy) is 2. The molecule has 0 radical (unpaired) electrons. The molecule has 2 nitrogen and oxygen atoms in total. The van der Waals surface area contributed by atoms with Gasteiger partial charge in [0.25, 0.3) is 0 Å². The van der Waals surface area contributed by atoms with E-state index in [9.17, 15) is 4.39 Å². The number of halogens is 1. The van der Waals surface area contributed by atoms with E-state index in [1.165, 1.54) is 6.07 Å². The molecule has 0 bridgehead atoms. The fourth-order valence-corrected chi connectivity index (χ4v) is 1.82. The van der Waals surface area contributed by atoms with E-state index in [4.69, 9.17) is 9.47 Å². The van der Waals surface area contributed by atoms with Gasteiger partial charge in [-0.05, 0) is 48.7 Å². The lowest BCUT2D eigenvalue weighted by molar-refractivity contribution is 0.370. The largest absolute Gasteiger partial charge is 0.493 e. The Kier molecular flexibility index (Phi) is 4.05. The molecule has 3 heteroatoms. The van der Waals surface area contributed by atoms with Gasteiger partial charge in [-0.3, -0.25) is 0 Å². The molecule has 0 saturated carbocycles. The maximum absolute atomic E-state index is 13.8. The zero-order valence-corrected chi connectivity index (χ0v) is 11.4. The molecule has 0 N–H and O–H groups in total. The van der Waals surface area contributed by atoms with Gasteiger partial charge in [0.05, 0.1) is 7.11 Å². The van der Waals surface area contributed by atoms with Crippen LogP contribution in [0.25, 0.3) is 0 Å². The first-order valence-electron chi connectivity index (χ1n) is 6.25. The average Bonchev–Trinajstić information content (AvgIpc) is 2.42. The van der Waals surface area contributed by atoms with Crippen molar-refractivity contribution in [2.45, 2.75) is 20.3 Å². The molecule has 0 atom stereocenters. The van der Waals surface area contributed by atoms with Gasteiger partial charge < -0.3 is 9.47 Å². The molecule has 0 heterocycles. The van der Waals surface area contributed by atoms with Crippen LogP contribution in [0, 0.1) is 12.7 Å². The number of hydrogen-bond acceptors (Lipinski definition) is 2. The highest BCUT2D eigenvalue weighted by molar-refractivity contribution is 5.45. The molecule has 0 fully saturated rings. The summed E-state index contributed by atoms with van der Waals surface area (Å²) in [5, 5.41) is 0. The standard InChI is InChI=1S/C16H17FO2/c1-4-12-6-8-15(16(10-12)18-3)19-14-7-5-11(2)9-13(14)17/h5-10H,4H2,1-3H3. The van der Waals surface area contributed by atoms with Crippen LogP contribution in [0.5, 0.6) is 17.2 Å².